The van der Waals surface area contributed by atoms with Gasteiger partial charge >= 0.3 is 5.97 Å². The summed E-state index contributed by atoms with van der Waals surface area (Å²) < 4.78 is 5.78. The fraction of sp³-hybridized carbons (Fsp3) is 0.343. The molecule has 9 nitrogen and oxygen atoms in total. The second-order valence-corrected chi connectivity index (χ2v) is 13.1. The zero-order chi connectivity index (χ0) is 32.7. The lowest BCUT2D eigenvalue weighted by atomic mass is 9.95. The minimum Gasteiger partial charge on any atom is -0.493 e. The molecule has 0 aliphatic carbocycles. The Labute approximate surface area is 268 Å². The molecule has 0 bridgehead atoms. The Hall–Kier alpha value is -4.57. The second kappa shape index (κ2) is 14.5. The molecule has 0 unspecified atom stereocenters. The van der Waals surface area contributed by atoms with Crippen LogP contribution in [0.1, 0.15) is 66.7 Å². The number of hydrogen-bond acceptors (Lipinski definition) is 7. The Morgan fingerprint density at radius 3 is 2.18 bits per heavy atom. The van der Waals surface area contributed by atoms with Gasteiger partial charge in [-0.2, -0.15) is 0 Å². The molecule has 0 saturated carbocycles. The number of nitrogens with zero attached hydrogens (tertiary/aromatic N) is 2. The number of benzene rings is 2. The average Bonchev–Trinajstić information content (AvgIpc) is 3.52. The molecule has 2 aromatic heterocycles. The van der Waals surface area contributed by atoms with Gasteiger partial charge in [-0.25, -0.2) is 9.97 Å². The van der Waals surface area contributed by atoms with Gasteiger partial charge in [0.05, 0.1) is 11.5 Å². The molecule has 2 atom stereocenters. The number of rotatable bonds is 12. The van der Waals surface area contributed by atoms with Crippen molar-refractivity contribution < 1.29 is 24.2 Å². The molecular formula is C35H40N4O5S. The van der Waals surface area contributed by atoms with E-state index in [0.29, 0.717) is 17.3 Å². The highest BCUT2D eigenvalue weighted by Gasteiger charge is 2.26. The average molecular weight is 629 g/mol. The van der Waals surface area contributed by atoms with Crippen molar-refractivity contribution in [2.24, 2.45) is 0 Å². The number of hydrogen-bond donors (Lipinski definition) is 3. The van der Waals surface area contributed by atoms with Crippen LogP contribution < -0.4 is 15.4 Å². The zero-order valence-electron chi connectivity index (χ0n) is 26.5. The van der Waals surface area contributed by atoms with E-state index in [9.17, 15) is 19.5 Å². The van der Waals surface area contributed by atoms with Crippen molar-refractivity contribution in [3.63, 3.8) is 0 Å². The van der Waals surface area contributed by atoms with E-state index in [2.05, 4.69) is 54.4 Å². The minimum absolute atomic E-state index is 0.114. The quantitative estimate of drug-likeness (QED) is 0.170. The standard InChI is InChI=1S/C35H40N4O5S/c1-7-16-44-28-13-12-25(17-21(28)2)26-19-36-31(37-20-26)24-10-8-23(9-11-24)18-27(32(40)38-22(3)34(42)43)39-33(41)29-14-15-30(45-29)35(4,5)6/h8-15,17,19-20,22,27H,7,16,18H2,1-6H3,(H,38,40)(H,39,41)(H,42,43)/t22-,27+/m1/s1. The first-order valence-corrected chi connectivity index (χ1v) is 15.8. The first kappa shape index (κ1) is 33.3. The highest BCUT2D eigenvalue weighted by molar-refractivity contribution is 7.14. The number of ether oxygens (including phenoxy) is 1. The van der Waals surface area contributed by atoms with E-state index in [1.54, 1.807) is 18.5 Å². The molecule has 45 heavy (non-hydrogen) atoms. The zero-order valence-corrected chi connectivity index (χ0v) is 27.3. The fourth-order valence-electron chi connectivity index (χ4n) is 4.53. The predicted molar refractivity (Wildman–Crippen MR) is 177 cm³/mol. The molecule has 0 aliphatic heterocycles. The van der Waals surface area contributed by atoms with E-state index < -0.39 is 24.0 Å². The largest absolute Gasteiger partial charge is 0.493 e. The topological polar surface area (TPSA) is 131 Å². The highest BCUT2D eigenvalue weighted by atomic mass is 32.1. The summed E-state index contributed by atoms with van der Waals surface area (Å²) in [7, 11) is 0. The first-order chi connectivity index (χ1) is 21.3. The highest BCUT2D eigenvalue weighted by Crippen LogP contribution is 2.30. The van der Waals surface area contributed by atoms with Crippen LogP contribution in [0.5, 0.6) is 5.75 Å². The minimum atomic E-state index is -1.16. The van der Waals surface area contributed by atoms with Gasteiger partial charge in [-0.15, -0.1) is 11.3 Å². The van der Waals surface area contributed by atoms with Gasteiger partial charge in [0.1, 0.15) is 17.8 Å². The summed E-state index contributed by atoms with van der Waals surface area (Å²) in [5.41, 5.74) is 4.39. The predicted octanol–water partition coefficient (Wildman–Crippen LogP) is 6.20. The number of amides is 2. The Morgan fingerprint density at radius 2 is 1.60 bits per heavy atom. The molecule has 10 heteroatoms. The molecule has 4 rings (SSSR count). The first-order valence-electron chi connectivity index (χ1n) is 14.9. The molecule has 2 amide bonds. The second-order valence-electron chi connectivity index (χ2n) is 12.0. The van der Waals surface area contributed by atoms with Gasteiger partial charge in [0.15, 0.2) is 5.82 Å². The molecule has 2 aromatic carbocycles. The van der Waals surface area contributed by atoms with Crippen molar-refractivity contribution in [1.82, 2.24) is 20.6 Å². The van der Waals surface area contributed by atoms with Crippen LogP contribution in [0.3, 0.4) is 0 Å². The Balaban J connectivity index is 1.48. The van der Waals surface area contributed by atoms with E-state index in [-0.39, 0.29) is 17.7 Å². The SMILES string of the molecule is CCCOc1ccc(-c2cnc(-c3ccc(C[C@H](NC(=O)c4ccc(C(C)(C)C)s4)C(=O)N[C@H](C)C(=O)O)cc3)nc2)cc1C. The van der Waals surface area contributed by atoms with Crippen molar-refractivity contribution in [2.75, 3.05) is 6.61 Å². The van der Waals surface area contributed by atoms with Crippen LogP contribution in [-0.2, 0) is 21.4 Å². The number of carboxylic acid groups (broad SMARTS) is 1. The number of carboxylic acids is 1. The molecule has 0 fully saturated rings. The van der Waals surface area contributed by atoms with Crippen LogP contribution in [0.2, 0.25) is 0 Å². The Bertz CT molecular complexity index is 1640. The van der Waals surface area contributed by atoms with Gasteiger partial charge in [-0.05, 0) is 66.6 Å². The molecule has 0 radical (unpaired) electrons. The maximum absolute atomic E-state index is 13.1. The van der Waals surface area contributed by atoms with Crippen molar-refractivity contribution in [3.05, 3.63) is 87.9 Å². The van der Waals surface area contributed by atoms with Crippen LogP contribution in [0.4, 0.5) is 0 Å². The van der Waals surface area contributed by atoms with Crippen molar-refractivity contribution in [3.8, 4) is 28.3 Å². The fourth-order valence-corrected chi connectivity index (χ4v) is 5.50. The third-order valence-corrected chi connectivity index (χ3v) is 8.70. The van der Waals surface area contributed by atoms with Gasteiger partial charge in [-0.3, -0.25) is 14.4 Å². The van der Waals surface area contributed by atoms with E-state index in [0.717, 1.165) is 44.9 Å². The van der Waals surface area contributed by atoms with Gasteiger partial charge in [0, 0.05) is 34.8 Å². The normalized spacial score (nSPS) is 12.7. The summed E-state index contributed by atoms with van der Waals surface area (Å²) >= 11 is 1.37. The van der Waals surface area contributed by atoms with Gasteiger partial charge in [0.2, 0.25) is 5.91 Å². The molecule has 0 spiro atoms. The summed E-state index contributed by atoms with van der Waals surface area (Å²) in [4.78, 5) is 48.3. The lowest BCUT2D eigenvalue weighted by molar-refractivity contribution is -0.141. The molecule has 0 saturated heterocycles. The number of carbonyl (C=O) groups excluding carboxylic acids is 2. The monoisotopic (exact) mass is 628 g/mol. The van der Waals surface area contributed by atoms with E-state index in [4.69, 9.17) is 4.74 Å². The number of aromatic nitrogens is 2. The lowest BCUT2D eigenvalue weighted by Crippen LogP contribution is -2.51. The third-order valence-electron chi connectivity index (χ3n) is 7.19. The Kier molecular flexibility index (Phi) is 10.7. The third kappa shape index (κ3) is 8.76. The van der Waals surface area contributed by atoms with E-state index in [1.165, 1.54) is 18.3 Å². The van der Waals surface area contributed by atoms with Crippen LogP contribution in [0, 0.1) is 6.92 Å². The van der Waals surface area contributed by atoms with Crippen molar-refractivity contribution in [2.45, 2.75) is 71.9 Å². The lowest BCUT2D eigenvalue weighted by Gasteiger charge is -2.20. The number of carbonyl (C=O) groups is 3. The van der Waals surface area contributed by atoms with E-state index >= 15 is 0 Å². The van der Waals surface area contributed by atoms with Crippen LogP contribution in [0.25, 0.3) is 22.5 Å². The van der Waals surface area contributed by atoms with Crippen LogP contribution in [0.15, 0.2) is 67.0 Å². The van der Waals surface area contributed by atoms with E-state index in [1.807, 2.05) is 49.4 Å². The van der Waals surface area contributed by atoms with Crippen LogP contribution >= 0.6 is 11.3 Å². The van der Waals surface area contributed by atoms with Gasteiger partial charge in [0.25, 0.3) is 5.91 Å². The molecular weight excluding hydrogens is 588 g/mol. The Morgan fingerprint density at radius 1 is 0.933 bits per heavy atom. The van der Waals surface area contributed by atoms with Crippen LogP contribution in [-0.4, -0.2) is 51.5 Å². The summed E-state index contributed by atoms with van der Waals surface area (Å²) in [6, 6.07) is 15.0. The number of nitrogens with one attached hydrogen (secondary N) is 2. The number of aliphatic carboxylic acids is 1. The number of thiophene rings is 1. The maximum Gasteiger partial charge on any atom is 0.325 e. The van der Waals surface area contributed by atoms with Gasteiger partial charge < -0.3 is 20.5 Å². The molecule has 0 aliphatic rings. The smallest absolute Gasteiger partial charge is 0.325 e. The summed E-state index contributed by atoms with van der Waals surface area (Å²) in [6.45, 7) is 12.3. The number of aryl methyl sites for hydroxylation is 1. The maximum atomic E-state index is 13.1. The summed E-state index contributed by atoms with van der Waals surface area (Å²) in [5.74, 6) is -0.702. The van der Waals surface area contributed by atoms with Crippen molar-refractivity contribution in [1.29, 1.82) is 0 Å². The summed E-state index contributed by atoms with van der Waals surface area (Å²) in [5, 5.41) is 14.6. The molecule has 236 valence electrons. The van der Waals surface area contributed by atoms with Crippen molar-refractivity contribution >= 4 is 29.1 Å². The van der Waals surface area contributed by atoms with Gasteiger partial charge in [-0.1, -0.05) is 58.0 Å². The molecule has 3 N–H and O–H groups in total. The molecule has 2 heterocycles. The molecule has 4 aromatic rings. The summed E-state index contributed by atoms with van der Waals surface area (Å²) in [6.07, 6.45) is 4.68.